The Labute approximate surface area is 250 Å². The molecule has 0 amide bonds. The number of fused-ring (bicyclic) bond motifs is 3. The van der Waals surface area contributed by atoms with Crippen molar-refractivity contribution in [3.8, 4) is 11.1 Å². The molecule has 0 aliphatic heterocycles. The third-order valence-electron chi connectivity index (χ3n) is 9.09. The number of rotatable bonds is 2. The minimum atomic E-state index is -0.403. The molecule has 1 aliphatic rings. The molecule has 41 heavy (non-hydrogen) atoms. The summed E-state index contributed by atoms with van der Waals surface area (Å²) in [4.78, 5) is 0. The highest BCUT2D eigenvalue weighted by Gasteiger charge is 2.47. The third-order valence-corrected chi connectivity index (χ3v) is 9.09. The molecule has 0 unspecified atom stereocenters. The molecule has 0 saturated heterocycles. The zero-order chi connectivity index (χ0) is 30.2. The average Bonchev–Trinajstić information content (AvgIpc) is 3.17. The summed E-state index contributed by atoms with van der Waals surface area (Å²) in [5.74, 6) is 0. The first-order valence-electron chi connectivity index (χ1n) is 15.4. The van der Waals surface area contributed by atoms with Crippen LogP contribution >= 0.6 is 0 Å². The van der Waals surface area contributed by atoms with E-state index in [9.17, 15) is 0 Å². The van der Waals surface area contributed by atoms with Gasteiger partial charge in [0, 0.05) is 0 Å². The summed E-state index contributed by atoms with van der Waals surface area (Å²) >= 11 is 0. The molecule has 0 nitrogen and oxygen atoms in total. The molecule has 0 N–H and O–H groups in total. The van der Waals surface area contributed by atoms with E-state index in [1.165, 1.54) is 55.6 Å². The van der Waals surface area contributed by atoms with E-state index in [1.807, 2.05) is 0 Å². The lowest BCUT2D eigenvalue weighted by Crippen LogP contribution is -2.32. The molecule has 0 heterocycles. The highest BCUT2D eigenvalue weighted by Crippen LogP contribution is 2.57. The first kappa shape index (κ1) is 29.4. The summed E-state index contributed by atoms with van der Waals surface area (Å²) in [6.07, 6.45) is 0. The Morgan fingerprint density at radius 2 is 0.683 bits per heavy atom. The Balaban J connectivity index is 1.97. The van der Waals surface area contributed by atoms with Gasteiger partial charge in [0.15, 0.2) is 0 Å². The zero-order valence-electron chi connectivity index (χ0n) is 27.6. The Morgan fingerprint density at radius 1 is 0.366 bits per heavy atom. The lowest BCUT2D eigenvalue weighted by Gasteiger charge is -2.39. The van der Waals surface area contributed by atoms with Crippen LogP contribution in [0.4, 0.5) is 0 Å². The molecule has 1 aliphatic carbocycles. The first-order valence-corrected chi connectivity index (χ1v) is 15.4. The van der Waals surface area contributed by atoms with E-state index in [4.69, 9.17) is 0 Å². The molecule has 0 aromatic heterocycles. The Bertz CT molecular complexity index is 1480. The van der Waals surface area contributed by atoms with Crippen LogP contribution in [0.1, 0.15) is 128 Å². The van der Waals surface area contributed by atoms with E-state index in [1.54, 1.807) is 0 Å². The minimum absolute atomic E-state index is 0.0180. The van der Waals surface area contributed by atoms with E-state index in [0.29, 0.717) is 0 Å². The molecule has 5 rings (SSSR count). The molecule has 0 heteroatoms. The highest BCUT2D eigenvalue weighted by atomic mass is 14.5. The molecule has 214 valence electrons. The second-order valence-electron chi connectivity index (χ2n) is 16.4. The summed E-state index contributed by atoms with van der Waals surface area (Å²) in [5.41, 5.74) is 13.7. The van der Waals surface area contributed by atoms with Crippen molar-refractivity contribution < 1.29 is 0 Å². The van der Waals surface area contributed by atoms with Gasteiger partial charge in [0.1, 0.15) is 0 Å². The van der Waals surface area contributed by atoms with Gasteiger partial charge in [0.05, 0.1) is 5.41 Å². The predicted molar refractivity (Wildman–Crippen MR) is 179 cm³/mol. The van der Waals surface area contributed by atoms with E-state index in [0.717, 1.165) is 0 Å². The summed E-state index contributed by atoms with van der Waals surface area (Å²) in [6.45, 7) is 28.2. The summed E-state index contributed by atoms with van der Waals surface area (Å²) in [7, 11) is 0. The van der Waals surface area contributed by atoms with Crippen molar-refractivity contribution in [2.75, 3.05) is 0 Å². The normalized spacial score (nSPS) is 15.0. The molecule has 4 aromatic rings. The molecular weight excluding hydrogens is 492 g/mol. The SMILES string of the molecule is CC(C)(C)c1ccc(C2(c3ccc(C(C)(C)C)c(C(C)(C)C)c3)c3ccccc3-c3ccccc32)cc1C(C)(C)C. The maximum Gasteiger partial charge on any atom is 0.0713 e. The molecule has 0 bridgehead atoms. The van der Waals surface area contributed by atoms with E-state index < -0.39 is 5.41 Å². The Hall–Kier alpha value is -3.12. The fraction of sp³-hybridized carbons (Fsp3) is 0.415. The van der Waals surface area contributed by atoms with Crippen LogP contribution in [0.2, 0.25) is 0 Å². The van der Waals surface area contributed by atoms with Crippen LogP contribution in [0.15, 0.2) is 84.9 Å². The van der Waals surface area contributed by atoms with Gasteiger partial charge in [-0.1, -0.05) is 168 Å². The maximum absolute atomic E-state index is 2.55. The molecule has 0 atom stereocenters. The molecular formula is C41H50. The topological polar surface area (TPSA) is 0 Å². The van der Waals surface area contributed by atoms with Gasteiger partial charge >= 0.3 is 0 Å². The van der Waals surface area contributed by atoms with Crippen LogP contribution in [-0.4, -0.2) is 0 Å². The minimum Gasteiger partial charge on any atom is -0.0619 e. The third kappa shape index (κ3) is 4.78. The van der Waals surface area contributed by atoms with Crippen molar-refractivity contribution in [3.05, 3.63) is 129 Å². The summed E-state index contributed by atoms with van der Waals surface area (Å²) in [6, 6.07) is 33.0. The van der Waals surface area contributed by atoms with Gasteiger partial charge in [0.25, 0.3) is 0 Å². The fourth-order valence-corrected chi connectivity index (χ4v) is 7.13. The van der Waals surface area contributed by atoms with Gasteiger partial charge in [-0.3, -0.25) is 0 Å². The standard InChI is InChI=1S/C41H50/c1-37(2,3)33-23-21-27(25-35(33)39(7,8)9)41(28-22-24-34(38(4,5)6)36(26-28)40(10,11)12)31-19-15-13-17-29(31)30-18-14-16-20-32(30)41/h13-26H,1-12H3. The quantitative estimate of drug-likeness (QED) is 0.208. The van der Waals surface area contributed by atoms with Crippen molar-refractivity contribution in [1.29, 1.82) is 0 Å². The lowest BCUT2D eigenvalue weighted by molar-refractivity contribution is 0.526. The first-order chi connectivity index (χ1) is 18.9. The molecule has 0 saturated carbocycles. The largest absolute Gasteiger partial charge is 0.0713 e. The van der Waals surface area contributed by atoms with Gasteiger partial charge in [-0.2, -0.15) is 0 Å². The predicted octanol–water partition coefficient (Wildman–Crippen LogP) is 11.2. The van der Waals surface area contributed by atoms with E-state index in [2.05, 4.69) is 168 Å². The summed E-state index contributed by atoms with van der Waals surface area (Å²) < 4.78 is 0. The number of hydrogen-bond donors (Lipinski definition) is 0. The molecule has 4 aromatic carbocycles. The van der Waals surface area contributed by atoms with Gasteiger partial charge < -0.3 is 0 Å². The lowest BCUT2D eigenvalue weighted by atomic mass is 9.64. The van der Waals surface area contributed by atoms with Crippen LogP contribution in [-0.2, 0) is 27.1 Å². The van der Waals surface area contributed by atoms with Crippen molar-refractivity contribution in [1.82, 2.24) is 0 Å². The molecule has 0 spiro atoms. The Kier molecular flexibility index (Phi) is 6.77. The fourth-order valence-electron chi connectivity index (χ4n) is 7.13. The molecule has 0 radical (unpaired) electrons. The van der Waals surface area contributed by atoms with Gasteiger partial charge in [-0.15, -0.1) is 0 Å². The van der Waals surface area contributed by atoms with Gasteiger partial charge in [-0.05, 0) is 77.3 Å². The maximum atomic E-state index is 2.55. The van der Waals surface area contributed by atoms with Gasteiger partial charge in [0.2, 0.25) is 0 Å². The number of hydrogen-bond acceptors (Lipinski definition) is 0. The van der Waals surface area contributed by atoms with Crippen LogP contribution in [0.25, 0.3) is 11.1 Å². The van der Waals surface area contributed by atoms with Crippen LogP contribution in [0.3, 0.4) is 0 Å². The van der Waals surface area contributed by atoms with Crippen molar-refractivity contribution in [2.24, 2.45) is 0 Å². The highest BCUT2D eigenvalue weighted by molar-refractivity contribution is 5.86. The van der Waals surface area contributed by atoms with E-state index >= 15 is 0 Å². The Morgan fingerprint density at radius 3 is 1.00 bits per heavy atom. The summed E-state index contributed by atoms with van der Waals surface area (Å²) in [5, 5.41) is 0. The monoisotopic (exact) mass is 542 g/mol. The van der Waals surface area contributed by atoms with Crippen molar-refractivity contribution in [2.45, 2.75) is 110 Å². The smallest absolute Gasteiger partial charge is 0.0619 e. The van der Waals surface area contributed by atoms with Crippen LogP contribution < -0.4 is 0 Å². The van der Waals surface area contributed by atoms with Crippen molar-refractivity contribution in [3.63, 3.8) is 0 Å². The second-order valence-corrected chi connectivity index (χ2v) is 16.4. The van der Waals surface area contributed by atoms with Gasteiger partial charge in [-0.25, -0.2) is 0 Å². The zero-order valence-corrected chi connectivity index (χ0v) is 27.6. The average molecular weight is 543 g/mol. The number of benzene rings is 4. The van der Waals surface area contributed by atoms with E-state index in [-0.39, 0.29) is 21.7 Å². The second kappa shape index (κ2) is 9.45. The van der Waals surface area contributed by atoms with Crippen LogP contribution in [0, 0.1) is 0 Å². The van der Waals surface area contributed by atoms with Crippen LogP contribution in [0.5, 0.6) is 0 Å². The molecule has 0 fully saturated rings. The van der Waals surface area contributed by atoms with Crippen molar-refractivity contribution >= 4 is 0 Å².